The number of aliphatic hydroxyl groups is 1. The molecule has 124 valence electrons. The zero-order chi connectivity index (χ0) is 16.5. The van der Waals surface area contributed by atoms with Gasteiger partial charge < -0.3 is 29.5 Å². The smallest absolute Gasteiger partial charge is 0.469 e. The number of methoxy groups -OCH3 is 1. The van der Waals surface area contributed by atoms with E-state index in [-0.39, 0.29) is 0 Å². The van der Waals surface area contributed by atoms with Gasteiger partial charge in [0.15, 0.2) is 6.23 Å². The van der Waals surface area contributed by atoms with E-state index in [1.807, 2.05) is 0 Å². The van der Waals surface area contributed by atoms with E-state index >= 15 is 0 Å². The number of aromatic carboxylic acids is 1. The van der Waals surface area contributed by atoms with Gasteiger partial charge in [0.2, 0.25) is 0 Å². The van der Waals surface area contributed by atoms with Gasteiger partial charge in [-0.1, -0.05) is 0 Å². The summed E-state index contributed by atoms with van der Waals surface area (Å²) in [6, 6.07) is 0. The van der Waals surface area contributed by atoms with Crippen molar-refractivity contribution in [3.63, 3.8) is 0 Å². The lowest BCUT2D eigenvalue weighted by atomic mass is 10.1. The van der Waals surface area contributed by atoms with Crippen molar-refractivity contribution in [1.82, 2.24) is 14.8 Å². The Labute approximate surface area is 123 Å². The van der Waals surface area contributed by atoms with Crippen LogP contribution in [0.25, 0.3) is 0 Å². The van der Waals surface area contributed by atoms with Gasteiger partial charge in [-0.15, -0.1) is 5.10 Å². The van der Waals surface area contributed by atoms with E-state index in [9.17, 15) is 14.5 Å². The van der Waals surface area contributed by atoms with Crippen molar-refractivity contribution in [2.75, 3.05) is 13.7 Å². The second-order valence-electron chi connectivity index (χ2n) is 4.40. The first-order valence-corrected chi connectivity index (χ1v) is 7.47. The Morgan fingerprint density at radius 1 is 1.55 bits per heavy atom. The average Bonchev–Trinajstić information content (AvgIpc) is 3.00. The summed E-state index contributed by atoms with van der Waals surface area (Å²) in [5.74, 6) is -1.84. The number of nitrogens with zero attached hydrogens (tertiary/aromatic N) is 3. The lowest BCUT2D eigenvalue weighted by Gasteiger charge is -2.18. The summed E-state index contributed by atoms with van der Waals surface area (Å²) in [6.45, 7) is -0.531. The van der Waals surface area contributed by atoms with Crippen molar-refractivity contribution in [2.45, 2.75) is 24.5 Å². The molecule has 0 amide bonds. The topological polar surface area (TPSA) is 173 Å². The molecule has 1 aliphatic heterocycles. The molecule has 1 saturated heterocycles. The number of rotatable bonds is 6. The first kappa shape index (κ1) is 17.0. The van der Waals surface area contributed by atoms with Crippen LogP contribution in [0.3, 0.4) is 0 Å². The second kappa shape index (κ2) is 6.38. The van der Waals surface area contributed by atoms with Crippen LogP contribution in [0.2, 0.25) is 0 Å². The van der Waals surface area contributed by atoms with Crippen LogP contribution < -0.4 is 0 Å². The number of carboxylic acid groups (broad SMARTS) is 1. The predicted molar refractivity (Wildman–Crippen MR) is 65.7 cm³/mol. The molecule has 0 saturated carbocycles. The Kier molecular flexibility index (Phi) is 4.92. The average molecular weight is 339 g/mol. The molecule has 12 nitrogen and oxygen atoms in total. The molecule has 1 aromatic heterocycles. The summed E-state index contributed by atoms with van der Waals surface area (Å²) in [6.07, 6.45) is -3.28. The van der Waals surface area contributed by atoms with Crippen molar-refractivity contribution in [2.24, 2.45) is 0 Å². The lowest BCUT2D eigenvalue weighted by Crippen LogP contribution is -2.35. The van der Waals surface area contributed by atoms with Crippen molar-refractivity contribution in [3.05, 3.63) is 12.2 Å². The molecule has 0 bridgehead atoms. The molecule has 22 heavy (non-hydrogen) atoms. The number of hydrogen-bond acceptors (Lipinski definition) is 8. The van der Waals surface area contributed by atoms with Gasteiger partial charge in [0.25, 0.3) is 5.82 Å². The highest BCUT2D eigenvalue weighted by atomic mass is 31.2. The summed E-state index contributed by atoms with van der Waals surface area (Å²) in [7, 11) is -3.43. The number of aromatic nitrogens is 3. The molecule has 0 aromatic carbocycles. The van der Waals surface area contributed by atoms with Crippen molar-refractivity contribution >= 4 is 13.8 Å². The van der Waals surface area contributed by atoms with Gasteiger partial charge in [0.05, 0.1) is 6.61 Å². The minimum absolute atomic E-state index is 0.486. The van der Waals surface area contributed by atoms with Crippen LogP contribution in [-0.4, -0.2) is 72.8 Å². The van der Waals surface area contributed by atoms with Crippen LogP contribution in [0.15, 0.2) is 6.33 Å². The monoisotopic (exact) mass is 339 g/mol. The van der Waals surface area contributed by atoms with E-state index in [1.165, 1.54) is 7.11 Å². The number of aliphatic hydroxyl groups excluding tert-OH is 1. The Bertz CT molecular complexity index is 587. The van der Waals surface area contributed by atoms with Gasteiger partial charge in [-0.3, -0.25) is 4.52 Å². The van der Waals surface area contributed by atoms with E-state index in [2.05, 4.69) is 14.6 Å². The molecule has 2 rings (SSSR count). The van der Waals surface area contributed by atoms with E-state index in [1.54, 1.807) is 0 Å². The third-order valence-corrected chi connectivity index (χ3v) is 3.43. The van der Waals surface area contributed by atoms with E-state index in [0.717, 1.165) is 11.0 Å². The van der Waals surface area contributed by atoms with Gasteiger partial charge >= 0.3 is 13.8 Å². The minimum atomic E-state index is -4.71. The predicted octanol–water partition coefficient (Wildman–Crippen LogP) is -1.64. The maximum Gasteiger partial charge on any atom is 0.469 e. The normalized spacial score (nSPS) is 28.9. The lowest BCUT2D eigenvalue weighted by molar-refractivity contribution is -0.0595. The molecule has 0 radical (unpaired) electrons. The fourth-order valence-corrected chi connectivity index (χ4v) is 2.37. The zero-order valence-electron chi connectivity index (χ0n) is 11.2. The molecular weight excluding hydrogens is 325 g/mol. The number of ether oxygens (including phenoxy) is 2. The summed E-state index contributed by atoms with van der Waals surface area (Å²) >= 11 is 0. The molecule has 1 aliphatic rings. The SMILES string of the molecule is CO[C@H]1[C@@H](O)[C@H](n2cnc(C(=O)O)n2)O[C@@H]1COP(=O)(O)O. The highest BCUT2D eigenvalue weighted by Crippen LogP contribution is 2.38. The quantitative estimate of drug-likeness (QED) is 0.437. The summed E-state index contributed by atoms with van der Waals surface area (Å²) < 4.78 is 26.4. The minimum Gasteiger partial charge on any atom is -0.475 e. The maximum absolute atomic E-state index is 10.7. The maximum atomic E-state index is 10.7. The molecule has 4 N–H and O–H groups in total. The van der Waals surface area contributed by atoms with Crippen LogP contribution in [0.1, 0.15) is 16.8 Å². The molecule has 1 aromatic rings. The van der Waals surface area contributed by atoms with Gasteiger partial charge in [0, 0.05) is 7.11 Å². The van der Waals surface area contributed by atoms with Gasteiger partial charge in [-0.2, -0.15) is 0 Å². The molecule has 2 heterocycles. The first-order chi connectivity index (χ1) is 10.2. The standard InChI is InChI=1S/C9H14N3O9P/c1-19-6-4(2-20-22(16,17)18)21-8(5(6)13)12-3-10-7(11-12)9(14)15/h3-6,8,13H,2H2,1H3,(H,14,15)(H2,16,17,18)/t4-,5-,6-,8-/m1/s1. The molecule has 4 atom stereocenters. The molecule has 0 aliphatic carbocycles. The van der Waals surface area contributed by atoms with E-state index in [4.69, 9.17) is 24.4 Å². The van der Waals surface area contributed by atoms with Crippen molar-refractivity contribution < 1.29 is 43.4 Å². The van der Waals surface area contributed by atoms with E-state index < -0.39 is 50.8 Å². The Hall–Kier alpha value is -1.40. The molecular formula is C9H14N3O9P. The van der Waals surface area contributed by atoms with Crippen LogP contribution in [-0.2, 0) is 18.6 Å². The summed E-state index contributed by atoms with van der Waals surface area (Å²) in [5.41, 5.74) is 0. The fourth-order valence-electron chi connectivity index (χ4n) is 2.03. The Balaban J connectivity index is 2.13. The van der Waals surface area contributed by atoms with Gasteiger partial charge in [-0.05, 0) is 0 Å². The third kappa shape index (κ3) is 3.67. The molecule has 0 unspecified atom stereocenters. The number of phosphoric acid groups is 1. The number of phosphoric ester groups is 1. The second-order valence-corrected chi connectivity index (χ2v) is 5.64. The highest BCUT2D eigenvalue weighted by Gasteiger charge is 2.46. The highest BCUT2D eigenvalue weighted by molar-refractivity contribution is 7.46. The van der Waals surface area contributed by atoms with Crippen molar-refractivity contribution in [1.29, 1.82) is 0 Å². The van der Waals surface area contributed by atoms with E-state index in [0.29, 0.717) is 0 Å². The van der Waals surface area contributed by atoms with Crippen LogP contribution >= 0.6 is 7.82 Å². The summed E-state index contributed by atoms with van der Waals surface area (Å²) in [5, 5.41) is 22.5. The Morgan fingerprint density at radius 2 is 2.23 bits per heavy atom. The van der Waals surface area contributed by atoms with Crippen LogP contribution in [0.4, 0.5) is 0 Å². The van der Waals surface area contributed by atoms with Gasteiger partial charge in [-0.25, -0.2) is 19.0 Å². The Morgan fingerprint density at radius 3 is 2.73 bits per heavy atom. The number of carboxylic acids is 1. The van der Waals surface area contributed by atoms with Gasteiger partial charge in [0.1, 0.15) is 24.6 Å². The summed E-state index contributed by atoms with van der Waals surface area (Å²) in [4.78, 5) is 31.6. The molecule has 0 spiro atoms. The van der Waals surface area contributed by atoms with Crippen LogP contribution in [0.5, 0.6) is 0 Å². The largest absolute Gasteiger partial charge is 0.475 e. The first-order valence-electron chi connectivity index (χ1n) is 5.94. The molecule has 13 heteroatoms. The van der Waals surface area contributed by atoms with Crippen molar-refractivity contribution in [3.8, 4) is 0 Å². The fraction of sp³-hybridized carbons (Fsp3) is 0.667. The third-order valence-electron chi connectivity index (χ3n) is 2.95. The zero-order valence-corrected chi connectivity index (χ0v) is 12.1. The molecule has 1 fully saturated rings. The number of hydrogen-bond donors (Lipinski definition) is 4. The number of carbonyl (C=O) groups is 1. The van der Waals surface area contributed by atoms with Crippen LogP contribution in [0, 0.1) is 0 Å².